The van der Waals surface area contributed by atoms with E-state index in [2.05, 4.69) is 37.9 Å². The van der Waals surface area contributed by atoms with E-state index < -0.39 is 0 Å². The van der Waals surface area contributed by atoms with Gasteiger partial charge in [-0.3, -0.25) is 0 Å². The number of nitrogens with one attached hydrogen (secondary N) is 1. The number of likely N-dealkylation sites (tertiary alicyclic amines) is 1. The Morgan fingerprint density at radius 2 is 1.83 bits per heavy atom. The first kappa shape index (κ1) is 15.9. The molecule has 1 aliphatic rings. The number of hydrogen-bond acceptors (Lipinski definition) is 3. The quantitative estimate of drug-likeness (QED) is 0.757. The Morgan fingerprint density at radius 1 is 1.22 bits per heavy atom. The van der Waals surface area contributed by atoms with Gasteiger partial charge in [-0.1, -0.05) is 20.8 Å². The molecule has 0 bridgehead atoms. The first-order chi connectivity index (χ1) is 8.58. The lowest BCUT2D eigenvalue weighted by molar-refractivity contribution is 0.119. The zero-order valence-electron chi connectivity index (χ0n) is 12.9. The summed E-state index contributed by atoms with van der Waals surface area (Å²) in [5, 5.41) is 3.78. The van der Waals surface area contributed by atoms with Crippen LogP contribution in [0.5, 0.6) is 0 Å². The molecule has 1 fully saturated rings. The maximum Gasteiger partial charge on any atom is 0.0618 e. The van der Waals surface area contributed by atoms with Crippen LogP contribution in [0.4, 0.5) is 0 Å². The van der Waals surface area contributed by atoms with E-state index in [0.717, 1.165) is 12.5 Å². The molecule has 1 rings (SSSR count). The van der Waals surface area contributed by atoms with Crippen molar-refractivity contribution in [2.24, 2.45) is 11.8 Å². The molecule has 3 heteroatoms. The van der Waals surface area contributed by atoms with Gasteiger partial charge in [0, 0.05) is 19.2 Å². The first-order valence-electron chi connectivity index (χ1n) is 7.55. The van der Waals surface area contributed by atoms with Crippen molar-refractivity contribution >= 4 is 0 Å². The SMILES string of the molecule is CCN1CCC(C(C)NC(COC)C(C)C)CC1. The van der Waals surface area contributed by atoms with Gasteiger partial charge in [0.2, 0.25) is 0 Å². The lowest BCUT2D eigenvalue weighted by atomic mass is 9.89. The number of methoxy groups -OCH3 is 1. The van der Waals surface area contributed by atoms with Gasteiger partial charge < -0.3 is 15.0 Å². The van der Waals surface area contributed by atoms with Crippen molar-refractivity contribution in [1.82, 2.24) is 10.2 Å². The zero-order valence-corrected chi connectivity index (χ0v) is 12.9. The summed E-state index contributed by atoms with van der Waals surface area (Å²) in [4.78, 5) is 2.55. The zero-order chi connectivity index (χ0) is 13.5. The van der Waals surface area contributed by atoms with E-state index >= 15 is 0 Å². The number of hydrogen-bond donors (Lipinski definition) is 1. The molecule has 108 valence electrons. The van der Waals surface area contributed by atoms with E-state index in [0.29, 0.717) is 18.0 Å². The smallest absolute Gasteiger partial charge is 0.0618 e. The van der Waals surface area contributed by atoms with Gasteiger partial charge in [-0.25, -0.2) is 0 Å². The van der Waals surface area contributed by atoms with Crippen molar-refractivity contribution in [3.05, 3.63) is 0 Å². The maximum absolute atomic E-state index is 5.32. The van der Waals surface area contributed by atoms with Crippen LogP contribution in [-0.2, 0) is 4.74 Å². The standard InChI is InChI=1S/C15H32N2O/c1-6-17-9-7-14(8-10-17)13(4)16-15(11-18-5)12(2)3/h12-16H,6-11H2,1-5H3. The largest absolute Gasteiger partial charge is 0.383 e. The van der Waals surface area contributed by atoms with Crippen LogP contribution in [0.1, 0.15) is 40.5 Å². The van der Waals surface area contributed by atoms with Crippen molar-refractivity contribution in [1.29, 1.82) is 0 Å². The van der Waals surface area contributed by atoms with Crippen molar-refractivity contribution in [3.63, 3.8) is 0 Å². The molecule has 0 aliphatic carbocycles. The Morgan fingerprint density at radius 3 is 2.28 bits per heavy atom. The summed E-state index contributed by atoms with van der Waals surface area (Å²) in [6.45, 7) is 13.7. The molecule has 1 heterocycles. The highest BCUT2D eigenvalue weighted by molar-refractivity contribution is 4.82. The van der Waals surface area contributed by atoms with Crippen LogP contribution >= 0.6 is 0 Å². The number of rotatable bonds is 7. The fourth-order valence-corrected chi connectivity index (χ4v) is 2.86. The monoisotopic (exact) mass is 256 g/mol. The molecule has 18 heavy (non-hydrogen) atoms. The average molecular weight is 256 g/mol. The fraction of sp³-hybridized carbons (Fsp3) is 1.00. The molecule has 2 unspecified atom stereocenters. The van der Waals surface area contributed by atoms with E-state index in [-0.39, 0.29) is 0 Å². The Kier molecular flexibility index (Phi) is 7.20. The summed E-state index contributed by atoms with van der Waals surface area (Å²) >= 11 is 0. The molecule has 1 saturated heterocycles. The molecule has 0 spiro atoms. The Hall–Kier alpha value is -0.120. The molecule has 0 aromatic heterocycles. The van der Waals surface area contributed by atoms with E-state index in [1.165, 1.54) is 32.5 Å². The first-order valence-corrected chi connectivity index (χ1v) is 7.55. The number of piperidine rings is 1. The van der Waals surface area contributed by atoms with E-state index in [1.807, 2.05) is 0 Å². The molecule has 1 N–H and O–H groups in total. The molecule has 3 nitrogen and oxygen atoms in total. The van der Waals surface area contributed by atoms with Crippen molar-refractivity contribution in [2.45, 2.75) is 52.6 Å². The van der Waals surface area contributed by atoms with Gasteiger partial charge in [-0.2, -0.15) is 0 Å². The molecular formula is C15H32N2O. The van der Waals surface area contributed by atoms with Crippen LogP contribution in [0.15, 0.2) is 0 Å². The third kappa shape index (κ3) is 4.87. The fourth-order valence-electron chi connectivity index (χ4n) is 2.86. The predicted molar refractivity (Wildman–Crippen MR) is 77.9 cm³/mol. The second-order valence-corrected chi connectivity index (χ2v) is 6.03. The molecule has 1 aliphatic heterocycles. The van der Waals surface area contributed by atoms with E-state index in [9.17, 15) is 0 Å². The van der Waals surface area contributed by atoms with Crippen molar-refractivity contribution < 1.29 is 4.74 Å². The predicted octanol–water partition coefficient (Wildman–Crippen LogP) is 2.37. The van der Waals surface area contributed by atoms with Gasteiger partial charge in [0.1, 0.15) is 0 Å². The Labute approximate surface area is 113 Å². The minimum Gasteiger partial charge on any atom is -0.383 e. The van der Waals surface area contributed by atoms with Gasteiger partial charge in [-0.05, 0) is 51.2 Å². The van der Waals surface area contributed by atoms with Gasteiger partial charge in [0.25, 0.3) is 0 Å². The third-order valence-corrected chi connectivity index (χ3v) is 4.41. The minimum atomic E-state index is 0.481. The molecule has 0 radical (unpaired) electrons. The lowest BCUT2D eigenvalue weighted by Crippen LogP contribution is -2.48. The Bertz CT molecular complexity index is 213. The van der Waals surface area contributed by atoms with E-state index in [1.54, 1.807) is 7.11 Å². The molecular weight excluding hydrogens is 224 g/mol. The van der Waals surface area contributed by atoms with Gasteiger partial charge in [-0.15, -0.1) is 0 Å². The van der Waals surface area contributed by atoms with Crippen LogP contribution < -0.4 is 5.32 Å². The van der Waals surface area contributed by atoms with Crippen LogP contribution in [0.3, 0.4) is 0 Å². The number of ether oxygens (including phenoxy) is 1. The van der Waals surface area contributed by atoms with Gasteiger partial charge in [0.05, 0.1) is 6.61 Å². The summed E-state index contributed by atoms with van der Waals surface area (Å²) in [5.74, 6) is 1.45. The lowest BCUT2D eigenvalue weighted by Gasteiger charge is -2.36. The maximum atomic E-state index is 5.32. The minimum absolute atomic E-state index is 0.481. The van der Waals surface area contributed by atoms with Crippen LogP contribution in [0.25, 0.3) is 0 Å². The van der Waals surface area contributed by atoms with Crippen molar-refractivity contribution in [2.75, 3.05) is 33.4 Å². The highest BCUT2D eigenvalue weighted by Crippen LogP contribution is 2.21. The molecule has 0 saturated carbocycles. The summed E-state index contributed by atoms with van der Waals surface area (Å²) in [5.41, 5.74) is 0. The summed E-state index contributed by atoms with van der Waals surface area (Å²) < 4.78 is 5.32. The molecule has 2 atom stereocenters. The average Bonchev–Trinajstić information content (AvgIpc) is 2.38. The summed E-state index contributed by atoms with van der Waals surface area (Å²) in [6.07, 6.45) is 2.67. The summed E-state index contributed by atoms with van der Waals surface area (Å²) in [7, 11) is 1.79. The molecule has 0 amide bonds. The molecule has 0 aromatic rings. The van der Waals surface area contributed by atoms with Crippen molar-refractivity contribution in [3.8, 4) is 0 Å². The van der Waals surface area contributed by atoms with Crippen LogP contribution in [0, 0.1) is 11.8 Å². The van der Waals surface area contributed by atoms with Gasteiger partial charge >= 0.3 is 0 Å². The van der Waals surface area contributed by atoms with Crippen LogP contribution in [0.2, 0.25) is 0 Å². The third-order valence-electron chi connectivity index (χ3n) is 4.41. The second-order valence-electron chi connectivity index (χ2n) is 6.03. The van der Waals surface area contributed by atoms with Gasteiger partial charge in [0.15, 0.2) is 0 Å². The molecule has 0 aromatic carbocycles. The highest BCUT2D eigenvalue weighted by atomic mass is 16.5. The normalized spacial score (nSPS) is 22.3. The van der Waals surface area contributed by atoms with Crippen LogP contribution in [-0.4, -0.2) is 50.3 Å². The highest BCUT2D eigenvalue weighted by Gasteiger charge is 2.25. The summed E-state index contributed by atoms with van der Waals surface area (Å²) in [6, 6.07) is 1.08. The topological polar surface area (TPSA) is 24.5 Å². The van der Waals surface area contributed by atoms with E-state index in [4.69, 9.17) is 4.74 Å². The Balaban J connectivity index is 2.37. The number of nitrogens with zero attached hydrogens (tertiary/aromatic N) is 1. The second kappa shape index (κ2) is 8.13.